The van der Waals surface area contributed by atoms with E-state index < -0.39 is 13.9 Å². The van der Waals surface area contributed by atoms with Crippen molar-refractivity contribution in [3.05, 3.63) is 85.1 Å². The van der Waals surface area contributed by atoms with Crippen molar-refractivity contribution in [3.8, 4) is 0 Å². The van der Waals surface area contributed by atoms with Gasteiger partial charge in [0.05, 0.1) is 34.4 Å². The first kappa shape index (κ1) is 51.7. The molecule has 2 unspecified atom stereocenters. The molecule has 2 atom stereocenters. The zero-order chi connectivity index (χ0) is 39.9. The molecule has 0 aliphatic carbocycles. The number of unbranched alkanes of at least 4 members (excludes halogenated alkanes) is 9. The Morgan fingerprint density at radius 2 is 1.07 bits per heavy atom. The molecule has 9 heteroatoms. The van der Waals surface area contributed by atoms with Gasteiger partial charge in [0.2, 0.25) is 0 Å². The van der Waals surface area contributed by atoms with Crippen LogP contribution in [-0.2, 0) is 27.9 Å². The predicted molar refractivity (Wildman–Crippen MR) is 228 cm³/mol. The number of ether oxygens (including phenoxy) is 2. The molecule has 0 aliphatic heterocycles. The zero-order valence-electron chi connectivity index (χ0n) is 34.9. The molecule has 0 rings (SSSR count). The summed E-state index contributed by atoms with van der Waals surface area (Å²) >= 11 is 0. The van der Waals surface area contributed by atoms with Gasteiger partial charge in [0, 0.05) is 13.0 Å². The molecule has 0 saturated carbocycles. The van der Waals surface area contributed by atoms with E-state index in [1.54, 1.807) is 0 Å². The number of phosphoric ester groups is 1. The van der Waals surface area contributed by atoms with Crippen LogP contribution >= 0.6 is 7.82 Å². The minimum Gasteiger partial charge on any atom is -0.457 e. The van der Waals surface area contributed by atoms with Gasteiger partial charge in [-0.15, -0.1) is 0 Å². The van der Waals surface area contributed by atoms with E-state index in [1.807, 2.05) is 21.1 Å². The monoisotopic (exact) mass is 777 g/mol. The van der Waals surface area contributed by atoms with Crippen LogP contribution in [0.4, 0.5) is 0 Å². The molecular weight excluding hydrogens is 697 g/mol. The molecule has 0 amide bonds. The fourth-order valence-electron chi connectivity index (χ4n) is 4.95. The number of allylic oxidation sites excluding steroid dienone is 14. The van der Waals surface area contributed by atoms with Crippen LogP contribution in [0.5, 0.6) is 0 Å². The molecule has 0 radical (unpaired) electrons. The number of carbonyl (C=O) groups excluding carboxylic acids is 1. The van der Waals surface area contributed by atoms with E-state index in [1.165, 1.54) is 19.3 Å². The van der Waals surface area contributed by atoms with Crippen LogP contribution in [0.3, 0.4) is 0 Å². The van der Waals surface area contributed by atoms with Gasteiger partial charge in [-0.05, 0) is 83.5 Å². The van der Waals surface area contributed by atoms with E-state index in [2.05, 4.69) is 98.9 Å². The number of carbonyl (C=O) groups is 1. The highest BCUT2D eigenvalue weighted by Gasteiger charge is 2.26. The third-order valence-electron chi connectivity index (χ3n) is 8.19. The highest BCUT2D eigenvalue weighted by molar-refractivity contribution is 7.47. The third-order valence-corrected chi connectivity index (χ3v) is 9.17. The molecule has 54 heavy (non-hydrogen) atoms. The molecule has 0 spiro atoms. The molecule has 0 aromatic carbocycles. The Balaban J connectivity index is 4.40. The lowest BCUT2D eigenvalue weighted by Crippen LogP contribution is -2.37. The lowest BCUT2D eigenvalue weighted by molar-refractivity contribution is -0.870. The van der Waals surface area contributed by atoms with Crippen molar-refractivity contribution in [1.82, 2.24) is 0 Å². The van der Waals surface area contributed by atoms with Crippen molar-refractivity contribution in [3.63, 3.8) is 0 Å². The topological polar surface area (TPSA) is 91.3 Å². The van der Waals surface area contributed by atoms with Gasteiger partial charge in [-0.25, -0.2) is 4.57 Å². The number of esters is 1. The normalized spacial score (nSPS) is 14.7. The molecule has 0 fully saturated rings. The highest BCUT2D eigenvalue weighted by atomic mass is 31.2. The summed E-state index contributed by atoms with van der Waals surface area (Å²) < 4.78 is 34.9. The SMILES string of the molecule is CC/C=C\C/C=C\C/C=C\C/C=C\C/C=C\CCCCOCC(COP(=O)(O)OCC[N+](C)(C)C)OC(=O)CCCCCCC/C=C\C/C=C\CCCC. The number of likely N-dealkylation sites (N-methyl/N-ethyl adjacent to an activating group) is 1. The van der Waals surface area contributed by atoms with Gasteiger partial charge in [0.15, 0.2) is 0 Å². The van der Waals surface area contributed by atoms with Gasteiger partial charge in [-0.3, -0.25) is 13.8 Å². The first-order chi connectivity index (χ1) is 26.1. The Labute approximate surface area is 331 Å². The Bertz CT molecular complexity index is 1130. The summed E-state index contributed by atoms with van der Waals surface area (Å²) in [5.41, 5.74) is 0. The Kier molecular flexibility index (Phi) is 36.0. The largest absolute Gasteiger partial charge is 0.472 e. The van der Waals surface area contributed by atoms with Crippen LogP contribution in [0, 0.1) is 0 Å². The quantitative estimate of drug-likeness (QED) is 0.0221. The molecule has 0 saturated heterocycles. The number of nitrogens with zero attached hydrogens (tertiary/aromatic N) is 1. The maximum atomic E-state index is 12.7. The van der Waals surface area contributed by atoms with E-state index in [9.17, 15) is 14.3 Å². The fraction of sp³-hybridized carbons (Fsp3) is 0.667. The second-order valence-corrected chi connectivity index (χ2v) is 16.1. The van der Waals surface area contributed by atoms with Crippen LogP contribution in [-0.4, -0.2) is 75.6 Å². The van der Waals surface area contributed by atoms with Crippen molar-refractivity contribution in [2.75, 3.05) is 54.1 Å². The lowest BCUT2D eigenvalue weighted by Gasteiger charge is -2.24. The van der Waals surface area contributed by atoms with E-state index in [0.717, 1.165) is 96.3 Å². The van der Waals surface area contributed by atoms with Crippen LogP contribution in [0.25, 0.3) is 0 Å². The van der Waals surface area contributed by atoms with E-state index >= 15 is 0 Å². The first-order valence-corrected chi connectivity index (χ1v) is 22.3. The van der Waals surface area contributed by atoms with Crippen LogP contribution in [0.2, 0.25) is 0 Å². The van der Waals surface area contributed by atoms with Gasteiger partial charge in [-0.1, -0.05) is 131 Å². The van der Waals surface area contributed by atoms with Crippen LogP contribution in [0.15, 0.2) is 85.1 Å². The van der Waals surface area contributed by atoms with E-state index in [4.69, 9.17) is 18.5 Å². The molecule has 1 N–H and O–H groups in total. The molecule has 0 heterocycles. The maximum Gasteiger partial charge on any atom is 0.472 e. The van der Waals surface area contributed by atoms with Gasteiger partial charge in [-0.2, -0.15) is 0 Å². The number of rotatable bonds is 37. The summed E-state index contributed by atoms with van der Waals surface area (Å²) in [5, 5.41) is 0. The van der Waals surface area contributed by atoms with E-state index in [0.29, 0.717) is 24.1 Å². The first-order valence-electron chi connectivity index (χ1n) is 20.8. The molecule has 0 bridgehead atoms. The average molecular weight is 777 g/mol. The summed E-state index contributed by atoms with van der Waals surface area (Å²) in [5.74, 6) is -0.348. The fourth-order valence-corrected chi connectivity index (χ4v) is 5.69. The summed E-state index contributed by atoms with van der Waals surface area (Å²) in [7, 11) is 1.61. The lowest BCUT2D eigenvalue weighted by atomic mass is 10.1. The van der Waals surface area contributed by atoms with Gasteiger partial charge < -0.3 is 18.9 Å². The summed E-state index contributed by atoms with van der Waals surface area (Å²) in [4.78, 5) is 22.8. The van der Waals surface area contributed by atoms with Crippen molar-refractivity contribution in [2.45, 2.75) is 142 Å². The zero-order valence-corrected chi connectivity index (χ0v) is 35.8. The van der Waals surface area contributed by atoms with Crippen LogP contribution < -0.4 is 0 Å². The molecule has 0 aromatic heterocycles. The number of hydrogen-bond donors (Lipinski definition) is 1. The summed E-state index contributed by atoms with van der Waals surface area (Å²) in [6, 6.07) is 0. The second kappa shape index (κ2) is 37.6. The predicted octanol–water partition coefficient (Wildman–Crippen LogP) is 12.1. The van der Waals surface area contributed by atoms with Gasteiger partial charge in [0.1, 0.15) is 19.3 Å². The molecule has 310 valence electrons. The van der Waals surface area contributed by atoms with Crippen molar-refractivity contribution >= 4 is 13.8 Å². The van der Waals surface area contributed by atoms with Gasteiger partial charge >= 0.3 is 13.8 Å². The van der Waals surface area contributed by atoms with Crippen molar-refractivity contribution in [2.24, 2.45) is 0 Å². The summed E-state index contributed by atoms with van der Waals surface area (Å²) in [6.45, 7) is 5.30. The highest BCUT2D eigenvalue weighted by Crippen LogP contribution is 2.43. The van der Waals surface area contributed by atoms with E-state index in [-0.39, 0.29) is 25.8 Å². The van der Waals surface area contributed by atoms with Crippen molar-refractivity contribution < 1.29 is 37.3 Å². The Hall–Kier alpha value is -2.32. The molecule has 0 aromatic rings. The Morgan fingerprint density at radius 3 is 1.61 bits per heavy atom. The standard InChI is InChI=1S/C45H78NO7P/c1-6-8-10-12-14-16-18-20-22-23-24-25-27-29-31-33-35-37-40-50-42-44(43-52-54(48,49)51-41-39-46(3,4)5)53-45(47)38-36-34-32-30-28-26-21-19-17-15-13-11-9-7-2/h8,10,13-16,19-22,24-25,29,31,44H,6-7,9,11-12,17-18,23,26-28,30,32-43H2,1-5H3/p+1/b10-8-,15-13-,16-14-,21-19-,22-20-,25-24-,31-29-. The van der Waals surface area contributed by atoms with Crippen molar-refractivity contribution in [1.29, 1.82) is 0 Å². The van der Waals surface area contributed by atoms with Gasteiger partial charge in [0.25, 0.3) is 0 Å². The molecule has 8 nitrogen and oxygen atoms in total. The Morgan fingerprint density at radius 1 is 0.593 bits per heavy atom. The molecular formula is C45H79NO7P+. The smallest absolute Gasteiger partial charge is 0.457 e. The number of phosphoric acid groups is 1. The third kappa shape index (κ3) is 40.9. The maximum absolute atomic E-state index is 12.7. The van der Waals surface area contributed by atoms with Crippen LogP contribution in [0.1, 0.15) is 136 Å². The minimum absolute atomic E-state index is 0.0723. The number of hydrogen-bond acceptors (Lipinski definition) is 6. The summed E-state index contributed by atoms with van der Waals surface area (Å²) in [6.07, 6.45) is 49.1. The second-order valence-electron chi connectivity index (χ2n) is 14.6. The number of quaternary nitrogens is 1. The average Bonchev–Trinajstić information content (AvgIpc) is 3.12. The molecule has 0 aliphatic rings. The minimum atomic E-state index is -4.29.